The number of nitrogens with zero attached hydrogens (tertiary/aromatic N) is 2. The predicted molar refractivity (Wildman–Crippen MR) is 231 cm³/mol. The van der Waals surface area contributed by atoms with Crippen LogP contribution in [0.3, 0.4) is 0 Å². The monoisotopic (exact) mass is 700 g/mol. The van der Waals surface area contributed by atoms with Gasteiger partial charge in [-0.2, -0.15) is 0 Å². The van der Waals surface area contributed by atoms with Crippen LogP contribution in [0.1, 0.15) is 25.0 Å². The largest absolute Gasteiger partial charge is 0.228 e. The van der Waals surface area contributed by atoms with Gasteiger partial charge in [0.15, 0.2) is 5.82 Å². The summed E-state index contributed by atoms with van der Waals surface area (Å²) < 4.78 is 0. The SMILES string of the molecule is CC1(C)c2cc3ccccc3cc2-c2c(-c3ccc(-c4nc(-c5cccc6ccccc56)cc(-c5cccc6ccccc56)n4)c4ccccc34)cccc21. The van der Waals surface area contributed by atoms with Crippen LogP contribution in [-0.2, 0) is 5.41 Å². The Kier molecular flexibility index (Phi) is 6.93. The van der Waals surface area contributed by atoms with Gasteiger partial charge in [-0.25, -0.2) is 9.97 Å². The molecule has 55 heavy (non-hydrogen) atoms. The van der Waals surface area contributed by atoms with Crippen molar-refractivity contribution in [3.63, 3.8) is 0 Å². The van der Waals surface area contributed by atoms with Gasteiger partial charge in [0.05, 0.1) is 11.4 Å². The zero-order valence-corrected chi connectivity index (χ0v) is 30.7. The Bertz CT molecular complexity index is 3080. The number of hydrogen-bond donors (Lipinski definition) is 0. The fourth-order valence-corrected chi connectivity index (χ4v) is 9.17. The summed E-state index contributed by atoms with van der Waals surface area (Å²) in [6.07, 6.45) is 0. The van der Waals surface area contributed by atoms with Crippen LogP contribution in [0.5, 0.6) is 0 Å². The van der Waals surface area contributed by atoms with Crippen molar-refractivity contribution < 1.29 is 0 Å². The summed E-state index contributed by atoms with van der Waals surface area (Å²) in [6.45, 7) is 4.73. The van der Waals surface area contributed by atoms with E-state index in [2.05, 4.69) is 196 Å². The quantitative estimate of drug-likeness (QED) is 0.183. The molecule has 0 bridgehead atoms. The fraction of sp³-hybridized carbons (Fsp3) is 0.0566. The van der Waals surface area contributed by atoms with E-state index in [1.165, 1.54) is 71.1 Å². The Labute approximate surface area is 320 Å². The van der Waals surface area contributed by atoms with E-state index in [-0.39, 0.29) is 5.41 Å². The van der Waals surface area contributed by atoms with Crippen molar-refractivity contribution in [1.29, 1.82) is 0 Å². The molecule has 0 unspecified atom stereocenters. The molecule has 1 heterocycles. The number of fused-ring (bicyclic) bond motifs is 7. The van der Waals surface area contributed by atoms with Gasteiger partial charge in [-0.05, 0) is 101 Å². The first-order valence-corrected chi connectivity index (χ1v) is 19.1. The standard InChI is InChI=1S/C53H36N2/c1-53(2)47-27-13-26-44(51(47)46-30-35-16-3-4-17-36(35)31-48(46)53)41-28-29-45(40-23-10-9-22-39(40)41)52-54-49(42-24-11-18-33-14-5-7-20-37(33)42)32-50(55-52)43-25-12-19-34-15-6-8-21-38(34)43/h3-32H,1-2H3. The van der Waals surface area contributed by atoms with Crippen LogP contribution in [0.4, 0.5) is 0 Å². The van der Waals surface area contributed by atoms with Crippen LogP contribution < -0.4 is 0 Å². The first kappa shape index (κ1) is 31.6. The van der Waals surface area contributed by atoms with Gasteiger partial charge in [0, 0.05) is 22.1 Å². The average Bonchev–Trinajstić information content (AvgIpc) is 3.46. The number of benzene rings is 9. The van der Waals surface area contributed by atoms with Crippen molar-refractivity contribution in [3.8, 4) is 56.2 Å². The van der Waals surface area contributed by atoms with Gasteiger partial charge in [0.25, 0.3) is 0 Å². The van der Waals surface area contributed by atoms with Gasteiger partial charge in [-0.15, -0.1) is 0 Å². The summed E-state index contributed by atoms with van der Waals surface area (Å²) in [5, 5.41) is 9.60. The molecule has 0 atom stereocenters. The van der Waals surface area contributed by atoms with Crippen molar-refractivity contribution >= 4 is 43.1 Å². The maximum atomic E-state index is 5.41. The number of aromatic nitrogens is 2. The topological polar surface area (TPSA) is 25.8 Å². The van der Waals surface area contributed by atoms with Crippen molar-refractivity contribution in [3.05, 3.63) is 193 Å². The normalized spacial score (nSPS) is 13.1. The van der Waals surface area contributed by atoms with Gasteiger partial charge in [0.1, 0.15) is 0 Å². The van der Waals surface area contributed by atoms with Crippen molar-refractivity contribution in [2.45, 2.75) is 19.3 Å². The van der Waals surface area contributed by atoms with Crippen LogP contribution in [-0.4, -0.2) is 9.97 Å². The van der Waals surface area contributed by atoms with Crippen LogP contribution in [0, 0.1) is 0 Å². The molecule has 0 aliphatic heterocycles. The van der Waals surface area contributed by atoms with E-state index in [9.17, 15) is 0 Å². The first-order valence-electron chi connectivity index (χ1n) is 19.1. The van der Waals surface area contributed by atoms with E-state index in [4.69, 9.17) is 9.97 Å². The molecule has 258 valence electrons. The minimum Gasteiger partial charge on any atom is -0.228 e. The molecule has 0 fully saturated rings. The maximum Gasteiger partial charge on any atom is 0.161 e. The lowest BCUT2D eigenvalue weighted by atomic mass is 9.81. The third-order valence-electron chi connectivity index (χ3n) is 11.9. The van der Waals surface area contributed by atoms with Crippen molar-refractivity contribution in [2.75, 3.05) is 0 Å². The highest BCUT2D eigenvalue weighted by Crippen LogP contribution is 2.54. The second-order valence-corrected chi connectivity index (χ2v) is 15.3. The van der Waals surface area contributed by atoms with Crippen LogP contribution in [0.25, 0.3) is 99.2 Å². The van der Waals surface area contributed by atoms with Gasteiger partial charge in [-0.1, -0.05) is 172 Å². The van der Waals surface area contributed by atoms with E-state index < -0.39 is 0 Å². The average molecular weight is 701 g/mol. The lowest BCUT2D eigenvalue weighted by molar-refractivity contribution is 0.661. The molecule has 1 aliphatic rings. The molecule has 0 N–H and O–H groups in total. The molecular formula is C53H36N2. The minimum absolute atomic E-state index is 0.117. The van der Waals surface area contributed by atoms with Crippen molar-refractivity contribution in [2.24, 2.45) is 0 Å². The minimum atomic E-state index is -0.117. The second kappa shape index (κ2) is 12.1. The molecular weight excluding hydrogens is 665 g/mol. The molecule has 10 aromatic rings. The maximum absolute atomic E-state index is 5.41. The van der Waals surface area contributed by atoms with Crippen LogP contribution >= 0.6 is 0 Å². The highest BCUT2D eigenvalue weighted by Gasteiger charge is 2.37. The molecule has 0 saturated carbocycles. The zero-order valence-electron chi connectivity index (χ0n) is 30.7. The van der Waals surface area contributed by atoms with Gasteiger partial charge >= 0.3 is 0 Å². The van der Waals surface area contributed by atoms with E-state index in [1.807, 2.05) is 0 Å². The van der Waals surface area contributed by atoms with Crippen LogP contribution in [0.2, 0.25) is 0 Å². The lowest BCUT2D eigenvalue weighted by Crippen LogP contribution is -2.14. The van der Waals surface area contributed by atoms with Crippen molar-refractivity contribution in [1.82, 2.24) is 9.97 Å². The number of rotatable bonds is 4. The summed E-state index contributed by atoms with van der Waals surface area (Å²) in [7, 11) is 0. The van der Waals surface area contributed by atoms with Crippen LogP contribution in [0.15, 0.2) is 182 Å². The van der Waals surface area contributed by atoms with Gasteiger partial charge in [0.2, 0.25) is 0 Å². The molecule has 0 radical (unpaired) electrons. The van der Waals surface area contributed by atoms with E-state index in [1.54, 1.807) is 0 Å². The molecule has 0 amide bonds. The zero-order chi connectivity index (χ0) is 36.7. The third-order valence-corrected chi connectivity index (χ3v) is 11.9. The number of hydrogen-bond acceptors (Lipinski definition) is 2. The van der Waals surface area contributed by atoms with E-state index >= 15 is 0 Å². The Hall–Kier alpha value is -6.90. The smallest absolute Gasteiger partial charge is 0.161 e. The van der Waals surface area contributed by atoms with E-state index in [0.717, 1.165) is 33.5 Å². The van der Waals surface area contributed by atoms with E-state index in [0.29, 0.717) is 5.82 Å². The molecule has 2 heteroatoms. The van der Waals surface area contributed by atoms with Gasteiger partial charge < -0.3 is 0 Å². The Balaban J connectivity index is 1.15. The molecule has 0 saturated heterocycles. The molecule has 0 spiro atoms. The fourth-order valence-electron chi connectivity index (χ4n) is 9.17. The Morgan fingerprint density at radius 3 is 1.44 bits per heavy atom. The second-order valence-electron chi connectivity index (χ2n) is 15.3. The molecule has 2 nitrogen and oxygen atoms in total. The molecule has 1 aromatic heterocycles. The predicted octanol–water partition coefficient (Wildman–Crippen LogP) is 14.1. The summed E-state index contributed by atoms with van der Waals surface area (Å²) >= 11 is 0. The first-order chi connectivity index (χ1) is 27.0. The molecule has 11 rings (SSSR count). The lowest BCUT2D eigenvalue weighted by Gasteiger charge is -2.22. The molecule has 1 aliphatic carbocycles. The third kappa shape index (κ3) is 4.88. The summed E-state index contributed by atoms with van der Waals surface area (Å²) in [5.74, 6) is 0.715. The highest BCUT2D eigenvalue weighted by atomic mass is 14.9. The Morgan fingerprint density at radius 1 is 0.327 bits per heavy atom. The molecule has 9 aromatic carbocycles. The summed E-state index contributed by atoms with van der Waals surface area (Å²) in [6, 6.07) is 65.9. The summed E-state index contributed by atoms with van der Waals surface area (Å²) in [5.41, 5.74) is 12.8. The van der Waals surface area contributed by atoms with Gasteiger partial charge in [-0.3, -0.25) is 0 Å². The summed E-state index contributed by atoms with van der Waals surface area (Å²) in [4.78, 5) is 10.8. The highest BCUT2D eigenvalue weighted by molar-refractivity contribution is 6.09. The Morgan fingerprint density at radius 2 is 0.800 bits per heavy atom.